The maximum Gasteiger partial charge on any atom is 0.239 e. The minimum absolute atomic E-state index is 0.0296. The summed E-state index contributed by atoms with van der Waals surface area (Å²) in [5.74, 6) is 0.287. The van der Waals surface area contributed by atoms with Gasteiger partial charge in [-0.3, -0.25) is 4.79 Å². The Morgan fingerprint density at radius 3 is 2.71 bits per heavy atom. The molecule has 0 aliphatic carbocycles. The van der Waals surface area contributed by atoms with Gasteiger partial charge in [0.05, 0.1) is 6.04 Å². The summed E-state index contributed by atoms with van der Waals surface area (Å²) in [6.07, 6.45) is 6.01. The van der Waals surface area contributed by atoms with Crippen LogP contribution in [0.4, 0.5) is 0 Å². The van der Waals surface area contributed by atoms with Gasteiger partial charge in [0, 0.05) is 25.7 Å². The maximum absolute atomic E-state index is 12.2. The zero-order chi connectivity index (χ0) is 12.1. The van der Waals surface area contributed by atoms with Crippen molar-refractivity contribution in [3.05, 3.63) is 0 Å². The SMILES string of the molecule is CC(NC1CCCNC1)C(=O)N1CCCCC1. The lowest BCUT2D eigenvalue weighted by Gasteiger charge is -2.32. The van der Waals surface area contributed by atoms with Crippen molar-refractivity contribution in [2.75, 3.05) is 26.2 Å². The number of carbonyl (C=O) groups is 1. The number of likely N-dealkylation sites (tertiary alicyclic amines) is 1. The van der Waals surface area contributed by atoms with Crippen LogP contribution in [0.5, 0.6) is 0 Å². The van der Waals surface area contributed by atoms with E-state index in [4.69, 9.17) is 0 Å². The van der Waals surface area contributed by atoms with Crippen molar-refractivity contribution in [1.29, 1.82) is 0 Å². The number of nitrogens with one attached hydrogen (secondary N) is 2. The highest BCUT2D eigenvalue weighted by molar-refractivity contribution is 5.81. The van der Waals surface area contributed by atoms with E-state index in [-0.39, 0.29) is 11.9 Å². The summed E-state index contributed by atoms with van der Waals surface area (Å²) in [6, 6.07) is 0.436. The fourth-order valence-electron chi connectivity index (χ4n) is 2.81. The van der Waals surface area contributed by atoms with Gasteiger partial charge in [-0.15, -0.1) is 0 Å². The van der Waals surface area contributed by atoms with Crippen molar-refractivity contribution in [3.63, 3.8) is 0 Å². The van der Waals surface area contributed by atoms with Crippen LogP contribution in [-0.2, 0) is 4.79 Å². The first-order chi connectivity index (χ1) is 8.27. The van der Waals surface area contributed by atoms with Gasteiger partial charge < -0.3 is 15.5 Å². The van der Waals surface area contributed by atoms with Gasteiger partial charge in [0.25, 0.3) is 0 Å². The largest absolute Gasteiger partial charge is 0.341 e. The van der Waals surface area contributed by atoms with Crippen LogP contribution in [0.2, 0.25) is 0 Å². The number of amides is 1. The number of nitrogens with zero attached hydrogens (tertiary/aromatic N) is 1. The molecule has 2 atom stereocenters. The van der Waals surface area contributed by atoms with Gasteiger partial charge in [-0.1, -0.05) is 0 Å². The van der Waals surface area contributed by atoms with Gasteiger partial charge in [-0.2, -0.15) is 0 Å². The van der Waals surface area contributed by atoms with Crippen LogP contribution in [0.1, 0.15) is 39.0 Å². The molecular weight excluding hydrogens is 214 g/mol. The number of carbonyl (C=O) groups excluding carboxylic acids is 1. The molecule has 0 radical (unpaired) electrons. The number of hydrogen-bond acceptors (Lipinski definition) is 3. The molecule has 0 aromatic carbocycles. The van der Waals surface area contributed by atoms with Crippen molar-refractivity contribution >= 4 is 5.91 Å². The molecule has 17 heavy (non-hydrogen) atoms. The van der Waals surface area contributed by atoms with Gasteiger partial charge >= 0.3 is 0 Å². The molecule has 0 bridgehead atoms. The van der Waals surface area contributed by atoms with Gasteiger partial charge in [0.1, 0.15) is 0 Å². The Morgan fingerprint density at radius 2 is 2.06 bits per heavy atom. The quantitative estimate of drug-likeness (QED) is 0.763. The standard InChI is InChI=1S/C13H25N3O/c1-11(15-12-6-5-7-14-10-12)13(17)16-8-3-2-4-9-16/h11-12,14-15H,2-10H2,1H3. The molecule has 1 amide bonds. The number of rotatable bonds is 3. The fraction of sp³-hybridized carbons (Fsp3) is 0.923. The smallest absolute Gasteiger partial charge is 0.239 e. The fourth-order valence-corrected chi connectivity index (χ4v) is 2.81. The van der Waals surface area contributed by atoms with E-state index >= 15 is 0 Å². The number of hydrogen-bond donors (Lipinski definition) is 2. The highest BCUT2D eigenvalue weighted by Gasteiger charge is 2.24. The third kappa shape index (κ3) is 3.68. The molecule has 2 saturated heterocycles. The molecule has 2 unspecified atom stereocenters. The second-order valence-electron chi connectivity index (χ2n) is 5.32. The third-order valence-electron chi connectivity index (χ3n) is 3.82. The summed E-state index contributed by atoms with van der Waals surface area (Å²) >= 11 is 0. The summed E-state index contributed by atoms with van der Waals surface area (Å²) in [6.45, 7) is 6.03. The molecule has 2 N–H and O–H groups in total. The summed E-state index contributed by atoms with van der Waals surface area (Å²) < 4.78 is 0. The van der Waals surface area contributed by atoms with E-state index in [0.29, 0.717) is 6.04 Å². The van der Waals surface area contributed by atoms with Gasteiger partial charge in [0.2, 0.25) is 5.91 Å². The van der Waals surface area contributed by atoms with E-state index in [1.54, 1.807) is 0 Å². The number of piperidine rings is 2. The third-order valence-corrected chi connectivity index (χ3v) is 3.82. The second-order valence-corrected chi connectivity index (χ2v) is 5.32. The van der Waals surface area contributed by atoms with Crippen LogP contribution in [0, 0.1) is 0 Å². The Kier molecular flexibility index (Phi) is 4.80. The molecular formula is C13H25N3O. The van der Waals surface area contributed by atoms with Crippen molar-refractivity contribution in [2.45, 2.75) is 51.1 Å². The zero-order valence-corrected chi connectivity index (χ0v) is 10.9. The molecule has 2 aliphatic heterocycles. The minimum Gasteiger partial charge on any atom is -0.341 e. The van der Waals surface area contributed by atoms with E-state index in [9.17, 15) is 4.79 Å². The lowest BCUT2D eigenvalue weighted by atomic mass is 10.1. The molecule has 0 saturated carbocycles. The average molecular weight is 239 g/mol. The first kappa shape index (κ1) is 12.8. The van der Waals surface area contributed by atoms with Crippen LogP contribution in [0.25, 0.3) is 0 Å². The maximum atomic E-state index is 12.2. The topological polar surface area (TPSA) is 44.4 Å². The van der Waals surface area contributed by atoms with Crippen molar-refractivity contribution in [1.82, 2.24) is 15.5 Å². The average Bonchev–Trinajstić information content (AvgIpc) is 2.40. The normalized spacial score (nSPS) is 27.8. The van der Waals surface area contributed by atoms with Gasteiger partial charge in [-0.05, 0) is 45.6 Å². The zero-order valence-electron chi connectivity index (χ0n) is 10.9. The van der Waals surface area contributed by atoms with Gasteiger partial charge in [0.15, 0.2) is 0 Å². The molecule has 4 nitrogen and oxygen atoms in total. The highest BCUT2D eigenvalue weighted by Crippen LogP contribution is 2.11. The first-order valence-electron chi connectivity index (χ1n) is 7.03. The van der Waals surface area contributed by atoms with Gasteiger partial charge in [-0.25, -0.2) is 0 Å². The molecule has 98 valence electrons. The molecule has 2 heterocycles. The van der Waals surface area contributed by atoms with E-state index in [0.717, 1.165) is 26.2 Å². The summed E-state index contributed by atoms with van der Waals surface area (Å²) in [5.41, 5.74) is 0. The second kappa shape index (κ2) is 6.36. The molecule has 0 spiro atoms. The van der Waals surface area contributed by atoms with E-state index in [1.165, 1.54) is 32.1 Å². The lowest BCUT2D eigenvalue weighted by molar-refractivity contribution is -0.134. The minimum atomic E-state index is -0.0296. The predicted molar refractivity (Wildman–Crippen MR) is 68.9 cm³/mol. The van der Waals surface area contributed by atoms with Crippen molar-refractivity contribution in [2.24, 2.45) is 0 Å². The Labute approximate surface area is 104 Å². The first-order valence-corrected chi connectivity index (χ1v) is 7.03. The molecule has 2 fully saturated rings. The van der Waals surface area contributed by atoms with Crippen molar-refractivity contribution in [3.8, 4) is 0 Å². The summed E-state index contributed by atoms with van der Waals surface area (Å²) in [7, 11) is 0. The Bertz CT molecular complexity index is 245. The Balaban J connectivity index is 1.77. The van der Waals surface area contributed by atoms with E-state index in [1.807, 2.05) is 11.8 Å². The Morgan fingerprint density at radius 1 is 1.29 bits per heavy atom. The molecule has 4 heteroatoms. The molecule has 2 rings (SSSR count). The predicted octanol–water partition coefficient (Wildman–Crippen LogP) is 0.729. The molecule has 0 aromatic rings. The van der Waals surface area contributed by atoms with E-state index in [2.05, 4.69) is 10.6 Å². The summed E-state index contributed by atoms with van der Waals surface area (Å²) in [4.78, 5) is 14.2. The monoisotopic (exact) mass is 239 g/mol. The Hall–Kier alpha value is -0.610. The molecule has 2 aliphatic rings. The van der Waals surface area contributed by atoms with E-state index < -0.39 is 0 Å². The van der Waals surface area contributed by atoms with Crippen LogP contribution < -0.4 is 10.6 Å². The highest BCUT2D eigenvalue weighted by atomic mass is 16.2. The van der Waals surface area contributed by atoms with Crippen LogP contribution >= 0.6 is 0 Å². The summed E-state index contributed by atoms with van der Waals surface area (Å²) in [5, 5.41) is 6.83. The van der Waals surface area contributed by atoms with Crippen LogP contribution in [0.15, 0.2) is 0 Å². The van der Waals surface area contributed by atoms with Crippen molar-refractivity contribution < 1.29 is 4.79 Å². The van der Waals surface area contributed by atoms with Crippen LogP contribution in [0.3, 0.4) is 0 Å². The lowest BCUT2D eigenvalue weighted by Crippen LogP contribution is -2.53. The molecule has 0 aromatic heterocycles. The van der Waals surface area contributed by atoms with Crippen LogP contribution in [-0.4, -0.2) is 49.1 Å².